The first-order valence-corrected chi connectivity index (χ1v) is 13.4. The predicted octanol–water partition coefficient (Wildman–Crippen LogP) is 6.49. The minimum absolute atomic E-state index is 0. The average Bonchev–Trinajstić information content (AvgIpc) is 3.10. The van der Waals surface area contributed by atoms with Crippen molar-refractivity contribution in [1.82, 2.24) is 10.3 Å². The van der Waals surface area contributed by atoms with Gasteiger partial charge in [0.1, 0.15) is 5.75 Å². The lowest BCUT2D eigenvalue weighted by Gasteiger charge is -2.10. The molecule has 1 atom stereocenters. The molecule has 5 N–H and O–H groups in total. The van der Waals surface area contributed by atoms with Gasteiger partial charge in [-0.3, -0.25) is 9.98 Å². The van der Waals surface area contributed by atoms with Crippen LogP contribution < -0.4 is 21.6 Å². The van der Waals surface area contributed by atoms with Crippen molar-refractivity contribution in [3.8, 4) is 5.75 Å². The van der Waals surface area contributed by atoms with Crippen LogP contribution >= 0.6 is 11.8 Å². The Hall–Kier alpha value is -2.77. The number of rotatable bonds is 9. The van der Waals surface area contributed by atoms with Crippen LogP contribution in [0.5, 0.6) is 5.75 Å². The Bertz CT molecular complexity index is 1190. The highest BCUT2D eigenvalue weighted by atomic mass is 32.2. The highest BCUT2D eigenvalue weighted by Gasteiger charge is 2.09. The molecule has 6 nitrogen and oxygen atoms in total. The van der Waals surface area contributed by atoms with E-state index in [1.54, 1.807) is 0 Å². The van der Waals surface area contributed by atoms with Gasteiger partial charge in [0.25, 0.3) is 0 Å². The predicted molar refractivity (Wildman–Crippen MR) is 168 cm³/mol. The fourth-order valence-corrected chi connectivity index (χ4v) is 4.64. The lowest BCUT2D eigenvalue weighted by molar-refractivity contribution is 0.465. The van der Waals surface area contributed by atoms with E-state index in [0.29, 0.717) is 22.7 Å². The number of hydrogen-bond acceptors (Lipinski definition) is 6. The van der Waals surface area contributed by atoms with Crippen LogP contribution in [-0.2, 0) is 6.42 Å². The van der Waals surface area contributed by atoms with Crippen molar-refractivity contribution in [3.05, 3.63) is 46.6 Å². The zero-order chi connectivity index (χ0) is 27.4. The van der Waals surface area contributed by atoms with E-state index in [1.807, 2.05) is 59.9 Å². The maximum atomic E-state index is 10.4. The average molecular weight is 528 g/mol. The Kier molecular flexibility index (Phi) is 15.6. The fourth-order valence-electron chi connectivity index (χ4n) is 3.81. The summed E-state index contributed by atoms with van der Waals surface area (Å²) in [6, 6.07) is 6.64. The number of aromatic hydroxyl groups is 1. The number of nitrogens with two attached hydrogens (primary N) is 1. The summed E-state index contributed by atoms with van der Waals surface area (Å²) in [4.78, 5) is 13.3. The van der Waals surface area contributed by atoms with Gasteiger partial charge in [0.05, 0.1) is 27.3 Å². The fraction of sp³-hybridized carbons (Fsp3) is 0.467. The first-order chi connectivity index (χ1) is 17.0. The van der Waals surface area contributed by atoms with Crippen LogP contribution in [0.1, 0.15) is 86.4 Å². The SMILES string of the molecule is C.C=C(N)c1ccc(SC(C)=N/C(C)=c2/c(O)c(CC)[nH]c2=C)cc1N=C(C)C.CCCC(CC)NC. The van der Waals surface area contributed by atoms with Crippen molar-refractivity contribution in [3.63, 3.8) is 0 Å². The first kappa shape index (κ1) is 34.2. The van der Waals surface area contributed by atoms with Crippen molar-refractivity contribution < 1.29 is 5.11 Å². The number of nitrogens with one attached hydrogen (secondary N) is 2. The van der Waals surface area contributed by atoms with E-state index < -0.39 is 0 Å². The molecule has 0 radical (unpaired) electrons. The molecule has 7 heteroatoms. The normalized spacial score (nSPS) is 12.6. The van der Waals surface area contributed by atoms with Crippen molar-refractivity contribution in [2.75, 3.05) is 7.05 Å². The molecule has 206 valence electrons. The van der Waals surface area contributed by atoms with Gasteiger partial charge < -0.3 is 21.1 Å². The molecule has 2 rings (SSSR count). The number of hydrogen-bond donors (Lipinski definition) is 4. The third-order valence-corrected chi connectivity index (χ3v) is 6.51. The molecular formula is C30H49N5OS. The number of aliphatic imine (C=N–C) groups is 2. The molecule has 37 heavy (non-hydrogen) atoms. The van der Waals surface area contributed by atoms with E-state index in [2.05, 4.69) is 47.3 Å². The summed E-state index contributed by atoms with van der Waals surface area (Å²) in [6.45, 7) is 21.9. The smallest absolute Gasteiger partial charge is 0.145 e. The molecule has 0 fully saturated rings. The van der Waals surface area contributed by atoms with Crippen LogP contribution in [0.3, 0.4) is 0 Å². The number of aromatic amines is 1. The van der Waals surface area contributed by atoms with Crippen molar-refractivity contribution in [2.24, 2.45) is 15.7 Å². The van der Waals surface area contributed by atoms with Crippen LogP contribution in [0.4, 0.5) is 5.69 Å². The van der Waals surface area contributed by atoms with Gasteiger partial charge in [0, 0.05) is 33.3 Å². The molecule has 1 unspecified atom stereocenters. The summed E-state index contributed by atoms with van der Waals surface area (Å²) in [6.07, 6.45) is 4.56. The van der Waals surface area contributed by atoms with E-state index in [4.69, 9.17) is 5.73 Å². The molecule has 0 spiro atoms. The molecule has 1 aromatic heterocycles. The molecule has 1 aromatic carbocycles. The van der Waals surface area contributed by atoms with Crippen molar-refractivity contribution in [2.45, 2.75) is 92.5 Å². The number of H-pyrrole nitrogens is 1. The molecule has 0 amide bonds. The lowest BCUT2D eigenvalue weighted by Crippen LogP contribution is -2.23. The molecule has 0 aliphatic heterocycles. The van der Waals surface area contributed by atoms with Crippen LogP contribution in [0.25, 0.3) is 18.0 Å². The van der Waals surface area contributed by atoms with Crippen molar-refractivity contribution >= 4 is 46.2 Å². The second-order valence-corrected chi connectivity index (χ2v) is 10.2. The zero-order valence-corrected chi connectivity index (χ0v) is 24.2. The van der Waals surface area contributed by atoms with Crippen LogP contribution in [0, 0.1) is 0 Å². The first-order valence-electron chi connectivity index (χ1n) is 12.6. The quantitative estimate of drug-likeness (QED) is 0.170. The van der Waals surface area contributed by atoms with Gasteiger partial charge in [-0.2, -0.15) is 0 Å². The molecular weight excluding hydrogens is 478 g/mol. The Morgan fingerprint density at radius 3 is 2.27 bits per heavy atom. The minimum atomic E-state index is 0. The molecule has 0 bridgehead atoms. The Balaban J connectivity index is 0.00000125. The molecule has 0 aliphatic carbocycles. The topological polar surface area (TPSA) is 98.8 Å². The van der Waals surface area contributed by atoms with E-state index in [-0.39, 0.29) is 13.2 Å². The number of nitrogens with zero attached hydrogens (tertiary/aromatic N) is 2. The van der Waals surface area contributed by atoms with Crippen LogP contribution in [0.2, 0.25) is 0 Å². The molecule has 0 saturated carbocycles. The number of aryl methyl sites for hydroxylation is 1. The Morgan fingerprint density at radius 1 is 1.19 bits per heavy atom. The molecule has 0 aliphatic rings. The molecule has 0 saturated heterocycles. The summed E-state index contributed by atoms with van der Waals surface area (Å²) < 4.78 is 0. The van der Waals surface area contributed by atoms with E-state index in [1.165, 1.54) is 31.0 Å². The van der Waals surface area contributed by atoms with Gasteiger partial charge in [0.15, 0.2) is 0 Å². The van der Waals surface area contributed by atoms with E-state index >= 15 is 0 Å². The van der Waals surface area contributed by atoms with Crippen molar-refractivity contribution in [1.29, 1.82) is 0 Å². The largest absolute Gasteiger partial charge is 0.505 e. The summed E-state index contributed by atoms with van der Waals surface area (Å²) in [5, 5.41) is 15.8. The summed E-state index contributed by atoms with van der Waals surface area (Å²) >= 11 is 1.53. The van der Waals surface area contributed by atoms with E-state index in [0.717, 1.165) is 44.3 Å². The summed E-state index contributed by atoms with van der Waals surface area (Å²) in [5.74, 6) is 0.229. The maximum Gasteiger partial charge on any atom is 0.145 e. The van der Waals surface area contributed by atoms with Crippen LogP contribution in [-0.4, -0.2) is 33.9 Å². The van der Waals surface area contributed by atoms with Gasteiger partial charge in [-0.1, -0.05) is 59.5 Å². The lowest BCUT2D eigenvalue weighted by atomic mass is 10.1. The van der Waals surface area contributed by atoms with Gasteiger partial charge >= 0.3 is 0 Å². The van der Waals surface area contributed by atoms with Crippen LogP contribution in [0.15, 0.2) is 39.7 Å². The summed E-state index contributed by atoms with van der Waals surface area (Å²) in [7, 11) is 2.03. The third kappa shape index (κ3) is 10.6. The minimum Gasteiger partial charge on any atom is -0.505 e. The Labute approximate surface area is 229 Å². The van der Waals surface area contributed by atoms with Gasteiger partial charge in [-0.05, 0) is 72.2 Å². The van der Waals surface area contributed by atoms with Gasteiger partial charge in [-0.25, -0.2) is 0 Å². The standard InChI is InChI=1S/C22H28N4OS.C7H17N.CH4/c1-8-19-22(27)21(15(6)26-19)14(5)25-16(7)28-17-9-10-18(13(4)23)20(11-17)24-12(2)3;1-4-6-7(5-2)8-3;/h9-11,26-27H,4,6,8,23H2,1-3,5,7H3;7-8H,4-6H2,1-3H3;1H4/b21-14+,25-16?;;. The number of benzene rings is 1. The Morgan fingerprint density at radius 2 is 1.84 bits per heavy atom. The van der Waals surface area contributed by atoms with Gasteiger partial charge in [-0.15, -0.1) is 0 Å². The molecule has 1 heterocycles. The zero-order valence-electron chi connectivity index (χ0n) is 23.4. The highest BCUT2D eigenvalue weighted by molar-refractivity contribution is 8.13. The second kappa shape index (κ2) is 16.9. The number of thioether (sulfide) groups is 1. The van der Waals surface area contributed by atoms with E-state index in [9.17, 15) is 5.11 Å². The monoisotopic (exact) mass is 527 g/mol. The number of aromatic nitrogens is 1. The second-order valence-electron chi connectivity index (χ2n) is 8.92. The molecule has 2 aromatic rings. The maximum absolute atomic E-state index is 10.4. The van der Waals surface area contributed by atoms with Gasteiger partial charge in [0.2, 0.25) is 0 Å². The summed E-state index contributed by atoms with van der Waals surface area (Å²) in [5.41, 5.74) is 10.4. The third-order valence-electron chi connectivity index (χ3n) is 5.63. The highest BCUT2D eigenvalue weighted by Crippen LogP contribution is 2.30.